The smallest absolute Gasteiger partial charge is 0.0441 e. The van der Waals surface area contributed by atoms with Crippen LogP contribution >= 0.6 is 0 Å². The van der Waals surface area contributed by atoms with Crippen LogP contribution in [0.25, 0.3) is 43.1 Å². The zero-order chi connectivity index (χ0) is 37.0. The van der Waals surface area contributed by atoms with Crippen molar-refractivity contribution in [3.63, 3.8) is 0 Å². The van der Waals surface area contributed by atoms with Gasteiger partial charge < -0.3 is 9.80 Å². The first-order valence-electron chi connectivity index (χ1n) is 17.9. The fourth-order valence-corrected chi connectivity index (χ4v) is 7.11. The maximum Gasteiger partial charge on any atom is 0.0441 e. The number of benzene rings is 8. The van der Waals surface area contributed by atoms with Crippen molar-refractivity contribution in [2.75, 3.05) is 38.0 Å². The van der Waals surface area contributed by atoms with Crippen LogP contribution in [0.4, 0.5) is 11.4 Å². The third-order valence-corrected chi connectivity index (χ3v) is 9.73. The Balaban J connectivity index is 1.09. The number of anilines is 2. The highest BCUT2D eigenvalue weighted by molar-refractivity contribution is 6.00. The van der Waals surface area contributed by atoms with Gasteiger partial charge in [-0.1, -0.05) is 133 Å². The molecular weight excluding hydrogens is 653 g/mol. The zero-order valence-corrected chi connectivity index (χ0v) is 30.8. The number of hydrogen-bond donors (Lipinski definition) is 0. The van der Waals surface area contributed by atoms with Gasteiger partial charge in [-0.3, -0.25) is 0 Å². The van der Waals surface area contributed by atoms with Crippen molar-refractivity contribution in [2.24, 2.45) is 0 Å². The summed E-state index contributed by atoms with van der Waals surface area (Å²) in [5.74, 6) is 26.7. The minimum absolute atomic E-state index is 0.924. The Morgan fingerprint density at radius 2 is 0.481 bits per heavy atom. The largest absolute Gasteiger partial charge is 0.377 e. The van der Waals surface area contributed by atoms with E-state index in [1.165, 1.54) is 22.1 Å². The van der Waals surface area contributed by atoms with Gasteiger partial charge in [0.1, 0.15) is 0 Å². The zero-order valence-electron chi connectivity index (χ0n) is 30.8. The molecular formula is C52H36N2. The summed E-state index contributed by atoms with van der Waals surface area (Å²) in [6.45, 7) is 0. The van der Waals surface area contributed by atoms with Gasteiger partial charge in [-0.15, -0.1) is 0 Å². The van der Waals surface area contributed by atoms with E-state index >= 15 is 0 Å². The summed E-state index contributed by atoms with van der Waals surface area (Å²) in [6, 6.07) is 50.2. The van der Waals surface area contributed by atoms with Crippen LogP contribution in [0.3, 0.4) is 0 Å². The van der Waals surface area contributed by atoms with E-state index in [4.69, 9.17) is 0 Å². The number of fused-ring (bicyclic) bond motifs is 4. The molecule has 0 saturated carbocycles. The molecule has 2 heteroatoms. The minimum Gasteiger partial charge on any atom is -0.377 e. The molecule has 0 heterocycles. The Bertz CT molecular complexity index is 2820. The Morgan fingerprint density at radius 3 is 0.759 bits per heavy atom. The van der Waals surface area contributed by atoms with Crippen LogP contribution in [0, 0.1) is 47.4 Å². The van der Waals surface area contributed by atoms with Crippen LogP contribution in [0.15, 0.2) is 146 Å². The molecule has 2 nitrogen and oxygen atoms in total. The van der Waals surface area contributed by atoms with E-state index < -0.39 is 0 Å². The summed E-state index contributed by atoms with van der Waals surface area (Å²) in [5, 5.41) is 8.95. The second-order valence-corrected chi connectivity index (χ2v) is 13.6. The summed E-state index contributed by atoms with van der Waals surface area (Å²) in [4.78, 5) is 4.28. The average molecular weight is 689 g/mol. The van der Waals surface area contributed by atoms with E-state index in [9.17, 15) is 0 Å². The minimum atomic E-state index is 0.924. The fourth-order valence-electron chi connectivity index (χ4n) is 7.11. The lowest BCUT2D eigenvalue weighted by molar-refractivity contribution is 1.14. The standard InChI is InChI=1S/C52H36N2/c1-53(2)51-31-13-27-47-41(21-11-29-49(47)51)35-33-39-19-9-23-43-37(17-7-25-45(39)43)15-5-6-16-38-18-8-26-46-40(20-10-24-44(38)46)34-36-42-22-12-30-50-48(42)28-14-32-52(50)54(3)4/h7-14,17-32H,1-4H3. The lowest BCUT2D eigenvalue weighted by atomic mass is 9.99. The van der Waals surface area contributed by atoms with Crippen LogP contribution in [-0.4, -0.2) is 28.2 Å². The first-order chi connectivity index (χ1) is 26.5. The predicted molar refractivity (Wildman–Crippen MR) is 230 cm³/mol. The second kappa shape index (κ2) is 14.7. The molecule has 8 rings (SSSR count). The maximum atomic E-state index is 3.46. The molecule has 0 radical (unpaired) electrons. The quantitative estimate of drug-likeness (QED) is 0.167. The van der Waals surface area contributed by atoms with Crippen molar-refractivity contribution in [3.8, 4) is 47.4 Å². The normalized spacial score (nSPS) is 10.4. The van der Waals surface area contributed by atoms with Crippen LogP contribution in [-0.2, 0) is 0 Å². The number of nitrogens with zero attached hydrogens (tertiary/aromatic N) is 2. The van der Waals surface area contributed by atoms with Gasteiger partial charge in [0.25, 0.3) is 0 Å². The Hall–Kier alpha value is -7.36. The summed E-state index contributed by atoms with van der Waals surface area (Å²) in [7, 11) is 8.28. The van der Waals surface area contributed by atoms with Crippen molar-refractivity contribution >= 4 is 54.5 Å². The monoisotopic (exact) mass is 688 g/mol. The molecule has 0 saturated heterocycles. The Morgan fingerprint density at radius 1 is 0.259 bits per heavy atom. The number of rotatable bonds is 2. The molecule has 0 unspecified atom stereocenters. The molecule has 0 fully saturated rings. The molecule has 8 aromatic carbocycles. The Labute approximate surface area is 317 Å². The molecule has 0 bridgehead atoms. The first kappa shape index (κ1) is 33.8. The molecule has 8 aromatic rings. The highest BCUT2D eigenvalue weighted by Crippen LogP contribution is 2.30. The Kier molecular flexibility index (Phi) is 9.20. The van der Waals surface area contributed by atoms with E-state index in [0.29, 0.717) is 0 Å². The highest BCUT2D eigenvalue weighted by Gasteiger charge is 2.08. The molecule has 0 aromatic heterocycles. The van der Waals surface area contributed by atoms with Crippen molar-refractivity contribution in [3.05, 3.63) is 179 Å². The number of hydrogen-bond acceptors (Lipinski definition) is 2. The van der Waals surface area contributed by atoms with Gasteiger partial charge in [0.2, 0.25) is 0 Å². The van der Waals surface area contributed by atoms with Crippen molar-refractivity contribution in [1.82, 2.24) is 0 Å². The summed E-state index contributed by atoms with van der Waals surface area (Å²) >= 11 is 0. The molecule has 0 spiro atoms. The third-order valence-electron chi connectivity index (χ3n) is 9.73. The third kappa shape index (κ3) is 6.58. The van der Waals surface area contributed by atoms with Gasteiger partial charge >= 0.3 is 0 Å². The van der Waals surface area contributed by atoms with Crippen LogP contribution in [0.5, 0.6) is 0 Å². The summed E-state index contributed by atoms with van der Waals surface area (Å²) < 4.78 is 0. The molecule has 0 aliphatic heterocycles. The second-order valence-electron chi connectivity index (χ2n) is 13.6. The topological polar surface area (TPSA) is 6.48 Å². The van der Waals surface area contributed by atoms with Crippen molar-refractivity contribution < 1.29 is 0 Å². The van der Waals surface area contributed by atoms with Crippen LogP contribution in [0.2, 0.25) is 0 Å². The van der Waals surface area contributed by atoms with E-state index in [1.807, 2.05) is 36.4 Å². The molecule has 0 atom stereocenters. The van der Waals surface area contributed by atoms with Crippen molar-refractivity contribution in [2.45, 2.75) is 0 Å². The predicted octanol–water partition coefficient (Wildman–Crippen LogP) is 10.6. The van der Waals surface area contributed by atoms with Crippen molar-refractivity contribution in [1.29, 1.82) is 0 Å². The maximum absolute atomic E-state index is 3.46. The summed E-state index contributed by atoms with van der Waals surface area (Å²) in [6.07, 6.45) is 0. The van der Waals surface area contributed by atoms with Gasteiger partial charge in [0, 0.05) is 83.7 Å². The van der Waals surface area contributed by atoms with E-state index in [0.717, 1.165) is 65.7 Å². The lowest BCUT2D eigenvalue weighted by Crippen LogP contribution is -2.08. The lowest BCUT2D eigenvalue weighted by Gasteiger charge is -2.15. The van der Waals surface area contributed by atoms with Gasteiger partial charge in [-0.05, 0) is 92.7 Å². The van der Waals surface area contributed by atoms with Crippen LogP contribution in [0.1, 0.15) is 33.4 Å². The molecule has 0 aliphatic rings. The van der Waals surface area contributed by atoms with Gasteiger partial charge in [-0.25, -0.2) is 0 Å². The first-order valence-corrected chi connectivity index (χ1v) is 17.9. The van der Waals surface area contributed by atoms with Crippen LogP contribution < -0.4 is 9.80 Å². The van der Waals surface area contributed by atoms with Gasteiger partial charge in [-0.2, -0.15) is 0 Å². The fraction of sp³-hybridized carbons (Fsp3) is 0.0769. The molecule has 254 valence electrons. The molecule has 0 aliphatic carbocycles. The summed E-state index contributed by atoms with van der Waals surface area (Å²) in [5.41, 5.74) is 8.16. The molecule has 0 N–H and O–H groups in total. The average Bonchev–Trinajstić information content (AvgIpc) is 3.20. The molecule has 0 amide bonds. The highest BCUT2D eigenvalue weighted by atomic mass is 15.1. The van der Waals surface area contributed by atoms with E-state index in [1.54, 1.807) is 0 Å². The van der Waals surface area contributed by atoms with Gasteiger partial charge in [0.15, 0.2) is 0 Å². The van der Waals surface area contributed by atoms with Gasteiger partial charge in [0.05, 0.1) is 0 Å². The molecule has 54 heavy (non-hydrogen) atoms. The van der Waals surface area contributed by atoms with E-state index in [-0.39, 0.29) is 0 Å². The SMILES string of the molecule is CN(C)c1cccc2c(C#Cc3cccc4c(C#CC#Cc5cccc6c(C#Cc7cccc8c(N(C)C)cccc78)cccc56)cccc34)cccc12. The van der Waals surface area contributed by atoms with E-state index in [2.05, 4.69) is 195 Å².